The van der Waals surface area contributed by atoms with Gasteiger partial charge in [0.2, 0.25) is 17.6 Å². The summed E-state index contributed by atoms with van der Waals surface area (Å²) in [4.78, 5) is 0. The van der Waals surface area contributed by atoms with Gasteiger partial charge in [0.15, 0.2) is 32.7 Å². The minimum atomic E-state index is 0.0211. The lowest BCUT2D eigenvalue weighted by atomic mass is 10.1. The highest BCUT2D eigenvalue weighted by Crippen LogP contribution is 2.41. The standard InChI is InChI=1S/C16H14Cl3N3O.C15H14BrCl3N2O.C15H15Cl3N2O2/c1-9(2)11-8-14(21-22-16(11)19)23-15-12(17)6-10(4-3-5-20)7-13(15)18;1-8(2)10-7-13(20-21-15(10)19)22-14-11(17)5-9(3-4-16)6-12(14)18;1-8(2)10-7-13(19-20-15(10)18)22-14-11(16)5-9(3-4-21)6-12(14)17/h6-9H,3-4H2,1-2H3;5-8H,3-4H2,1-2H3;5-8,21H,3-4H2,1-2H3. The van der Waals surface area contributed by atoms with Gasteiger partial charge in [-0.2, -0.15) is 5.26 Å². The summed E-state index contributed by atoms with van der Waals surface area (Å²) in [6, 6.07) is 17.8. The lowest BCUT2D eigenvalue weighted by Gasteiger charge is -2.12. The smallest absolute Gasteiger partial charge is 0.239 e. The fourth-order valence-corrected chi connectivity index (χ4v) is 9.01. The molecule has 11 nitrogen and oxygen atoms in total. The van der Waals surface area contributed by atoms with E-state index in [2.05, 4.69) is 52.6 Å². The molecular formula is C46H43BrCl9N7O4. The zero-order valence-electron chi connectivity index (χ0n) is 36.8. The molecule has 0 unspecified atom stereocenters. The first-order valence-corrected chi connectivity index (χ1v) is 24.9. The molecule has 0 aliphatic heterocycles. The zero-order chi connectivity index (χ0) is 49.5. The second-order valence-corrected chi connectivity index (χ2v) is 19.6. The summed E-state index contributed by atoms with van der Waals surface area (Å²) in [5.41, 5.74) is 5.25. The molecule has 0 saturated heterocycles. The van der Waals surface area contributed by atoms with Gasteiger partial charge >= 0.3 is 0 Å². The molecule has 6 rings (SSSR count). The normalized spacial score (nSPS) is 10.9. The first-order valence-electron chi connectivity index (χ1n) is 20.4. The number of hydrogen-bond acceptors (Lipinski definition) is 11. The highest BCUT2D eigenvalue weighted by Gasteiger charge is 2.18. The van der Waals surface area contributed by atoms with Crippen LogP contribution < -0.4 is 14.2 Å². The Bertz CT molecular complexity index is 2510. The maximum atomic E-state index is 8.97. The van der Waals surface area contributed by atoms with E-state index < -0.39 is 0 Å². The Hall–Kier alpha value is -3.16. The molecule has 6 aromatic rings. The molecule has 3 heterocycles. The topological polar surface area (TPSA) is 149 Å². The van der Waals surface area contributed by atoms with Gasteiger partial charge in [-0.25, -0.2) is 0 Å². The van der Waals surface area contributed by atoms with E-state index in [9.17, 15) is 0 Å². The molecule has 0 spiro atoms. The van der Waals surface area contributed by atoms with E-state index in [-0.39, 0.29) is 36.1 Å². The molecule has 0 bridgehead atoms. The Morgan fingerprint density at radius 3 is 1.01 bits per heavy atom. The van der Waals surface area contributed by atoms with Crippen molar-refractivity contribution in [2.24, 2.45) is 0 Å². The monoisotopic (exact) mass is 1150 g/mol. The molecule has 3 aromatic heterocycles. The van der Waals surface area contributed by atoms with Crippen molar-refractivity contribution >= 4 is 120 Å². The average molecular weight is 1160 g/mol. The van der Waals surface area contributed by atoms with E-state index in [0.717, 1.165) is 45.1 Å². The molecule has 356 valence electrons. The van der Waals surface area contributed by atoms with Gasteiger partial charge in [0, 0.05) is 36.6 Å². The molecule has 0 radical (unpaired) electrons. The van der Waals surface area contributed by atoms with Crippen LogP contribution in [-0.2, 0) is 19.3 Å². The van der Waals surface area contributed by atoms with Crippen molar-refractivity contribution in [2.45, 2.75) is 85.0 Å². The maximum Gasteiger partial charge on any atom is 0.239 e. The average Bonchev–Trinajstić information content (AvgIpc) is 3.26. The minimum absolute atomic E-state index is 0.0211. The Morgan fingerprint density at radius 1 is 0.478 bits per heavy atom. The van der Waals surface area contributed by atoms with Crippen LogP contribution in [0.3, 0.4) is 0 Å². The van der Waals surface area contributed by atoms with Crippen LogP contribution >= 0.6 is 120 Å². The highest BCUT2D eigenvalue weighted by atomic mass is 79.9. The Labute approximate surface area is 443 Å². The lowest BCUT2D eigenvalue weighted by Crippen LogP contribution is -1.98. The Morgan fingerprint density at radius 2 is 0.761 bits per heavy atom. The third-order valence-corrected chi connectivity index (χ3v) is 12.2. The predicted octanol–water partition coefficient (Wildman–Crippen LogP) is 17.0. The van der Waals surface area contributed by atoms with Gasteiger partial charge in [-0.3, -0.25) is 0 Å². The van der Waals surface area contributed by atoms with Gasteiger partial charge in [0.25, 0.3) is 0 Å². The van der Waals surface area contributed by atoms with Crippen LogP contribution in [0.4, 0.5) is 0 Å². The van der Waals surface area contributed by atoms with Gasteiger partial charge in [-0.1, -0.05) is 162 Å². The lowest BCUT2D eigenvalue weighted by molar-refractivity contribution is 0.299. The SMILES string of the molecule is CC(C)c1cc(Oc2c(Cl)cc(CCBr)cc2Cl)nnc1Cl.CC(C)c1cc(Oc2c(Cl)cc(CCC#N)cc2Cl)nnc1Cl.CC(C)c1cc(Oc2c(Cl)cc(CCO)cc2Cl)nnc1Cl. The molecule has 1 N–H and O–H groups in total. The number of rotatable bonds is 15. The Balaban J connectivity index is 0.000000219. The van der Waals surface area contributed by atoms with Crippen LogP contribution in [0, 0.1) is 11.3 Å². The molecule has 0 amide bonds. The molecule has 67 heavy (non-hydrogen) atoms. The fraction of sp³-hybridized carbons (Fsp3) is 0.326. The summed E-state index contributed by atoms with van der Waals surface area (Å²) >= 11 is 58.8. The number of nitrogens with zero attached hydrogens (tertiary/aromatic N) is 7. The second-order valence-electron chi connectivity index (χ2n) is 15.3. The number of aromatic nitrogens is 6. The van der Waals surface area contributed by atoms with Crippen LogP contribution in [0.25, 0.3) is 0 Å². The fourth-order valence-electron chi connectivity index (χ4n) is 5.80. The van der Waals surface area contributed by atoms with Crippen molar-refractivity contribution in [3.8, 4) is 41.0 Å². The molecule has 0 fully saturated rings. The third kappa shape index (κ3) is 16.8. The van der Waals surface area contributed by atoms with Crippen molar-refractivity contribution in [2.75, 3.05) is 11.9 Å². The maximum absolute atomic E-state index is 8.97. The largest absolute Gasteiger partial charge is 0.434 e. The van der Waals surface area contributed by atoms with E-state index >= 15 is 0 Å². The number of aryl methyl sites for hydroxylation is 2. The number of aliphatic hydroxyl groups excluding tert-OH is 1. The van der Waals surface area contributed by atoms with Crippen molar-refractivity contribution in [3.05, 3.63) is 134 Å². The molecule has 0 saturated carbocycles. The molecule has 0 atom stereocenters. The summed E-state index contributed by atoms with van der Waals surface area (Å²) in [6.45, 7) is 12.0. The van der Waals surface area contributed by atoms with Gasteiger partial charge in [-0.15, -0.1) is 30.6 Å². The molecule has 21 heteroatoms. The van der Waals surface area contributed by atoms with Crippen LogP contribution in [0.15, 0.2) is 54.6 Å². The minimum Gasteiger partial charge on any atom is -0.434 e. The number of nitriles is 1. The van der Waals surface area contributed by atoms with E-state index in [0.29, 0.717) is 88.0 Å². The van der Waals surface area contributed by atoms with Crippen LogP contribution in [0.5, 0.6) is 34.9 Å². The van der Waals surface area contributed by atoms with Crippen molar-refractivity contribution < 1.29 is 19.3 Å². The number of aliphatic hydroxyl groups is 1. The molecule has 3 aromatic carbocycles. The van der Waals surface area contributed by atoms with Gasteiger partial charge in [-0.05, 0) is 107 Å². The van der Waals surface area contributed by atoms with Gasteiger partial charge in [0.05, 0.1) is 36.2 Å². The van der Waals surface area contributed by atoms with E-state index in [1.54, 1.807) is 42.5 Å². The van der Waals surface area contributed by atoms with Gasteiger partial charge < -0.3 is 19.3 Å². The van der Waals surface area contributed by atoms with Crippen molar-refractivity contribution in [1.29, 1.82) is 5.26 Å². The third-order valence-electron chi connectivity index (χ3n) is 9.23. The quantitative estimate of drug-likeness (QED) is 0.0979. The van der Waals surface area contributed by atoms with Crippen molar-refractivity contribution in [3.63, 3.8) is 0 Å². The molecule has 0 aliphatic rings. The summed E-state index contributed by atoms with van der Waals surface area (Å²) in [5.74, 6) is 2.40. The van der Waals surface area contributed by atoms with E-state index in [1.807, 2.05) is 53.7 Å². The predicted molar refractivity (Wildman–Crippen MR) is 275 cm³/mol. The van der Waals surface area contributed by atoms with E-state index in [1.165, 1.54) is 0 Å². The number of halogens is 10. The number of ether oxygens (including phenoxy) is 3. The first-order chi connectivity index (χ1) is 31.8. The van der Waals surface area contributed by atoms with Gasteiger partial charge in [0.1, 0.15) is 0 Å². The van der Waals surface area contributed by atoms with Crippen LogP contribution in [-0.4, -0.2) is 47.6 Å². The van der Waals surface area contributed by atoms with E-state index in [4.69, 9.17) is 129 Å². The Kier molecular flexibility index (Phi) is 23.0. The summed E-state index contributed by atoms with van der Waals surface area (Å²) in [7, 11) is 0. The highest BCUT2D eigenvalue weighted by molar-refractivity contribution is 9.09. The summed E-state index contributed by atoms with van der Waals surface area (Å²) < 4.78 is 17.1. The first kappa shape index (κ1) is 56.4. The summed E-state index contributed by atoms with van der Waals surface area (Å²) in [6.07, 6.45) is 2.28. The van der Waals surface area contributed by atoms with Crippen LogP contribution in [0.2, 0.25) is 45.6 Å². The summed E-state index contributed by atoms with van der Waals surface area (Å²) in [5, 5.41) is 45.2. The number of benzene rings is 3. The molecular weight excluding hydrogens is 1110 g/mol. The second kappa shape index (κ2) is 27.3. The molecule has 0 aliphatic carbocycles. The van der Waals surface area contributed by atoms with Crippen LogP contribution in [0.1, 0.15) is 99.1 Å². The number of alkyl halides is 1. The van der Waals surface area contributed by atoms with Crippen molar-refractivity contribution in [1.82, 2.24) is 30.6 Å². The zero-order valence-corrected chi connectivity index (χ0v) is 45.1. The number of hydrogen-bond donors (Lipinski definition) is 1.